The maximum atomic E-state index is 11.8. The Hall–Kier alpha value is -1.47. The molecule has 0 unspecified atom stereocenters. The second kappa shape index (κ2) is 6.46. The van der Waals surface area contributed by atoms with Gasteiger partial charge in [0.25, 0.3) is 5.24 Å². The smallest absolute Gasteiger partial charge is 0.284 e. The summed E-state index contributed by atoms with van der Waals surface area (Å²) in [6.07, 6.45) is 5.91. The van der Waals surface area contributed by atoms with Gasteiger partial charge < -0.3 is 5.32 Å². The van der Waals surface area contributed by atoms with Gasteiger partial charge in [-0.3, -0.25) is 4.79 Å². The number of carbonyl (C=O) groups excluding carboxylic acids is 1. The predicted octanol–water partition coefficient (Wildman–Crippen LogP) is 3.69. The van der Waals surface area contributed by atoms with Crippen LogP contribution < -0.4 is 5.32 Å². The molecule has 0 bridgehead atoms. The van der Waals surface area contributed by atoms with Crippen LogP contribution in [0, 0.1) is 11.3 Å². The van der Waals surface area contributed by atoms with Crippen molar-refractivity contribution in [3.63, 3.8) is 0 Å². The van der Waals surface area contributed by atoms with E-state index in [1.54, 1.807) is 12.1 Å². The monoisotopic (exact) mass is 260 g/mol. The van der Waals surface area contributed by atoms with E-state index in [0.717, 1.165) is 17.7 Å². The molecule has 0 aromatic heterocycles. The van der Waals surface area contributed by atoms with Gasteiger partial charge in [-0.25, -0.2) is 0 Å². The van der Waals surface area contributed by atoms with Crippen molar-refractivity contribution in [3.8, 4) is 6.07 Å². The van der Waals surface area contributed by atoms with Crippen molar-refractivity contribution in [1.82, 2.24) is 5.32 Å². The standard InChI is InChI=1S/C14H16N2OS/c15-10-11-6-8-13(9-7-11)18-14(17)16-12-4-2-1-3-5-12/h6-9,12H,1-5H2,(H,16,17). The minimum Gasteiger partial charge on any atom is -0.344 e. The number of benzene rings is 1. The lowest BCUT2D eigenvalue weighted by Crippen LogP contribution is -2.33. The molecule has 1 fully saturated rings. The van der Waals surface area contributed by atoms with Gasteiger partial charge in [-0.1, -0.05) is 19.3 Å². The summed E-state index contributed by atoms with van der Waals surface area (Å²) in [5, 5.41) is 11.8. The van der Waals surface area contributed by atoms with Gasteiger partial charge in [0.15, 0.2) is 0 Å². The number of nitriles is 1. The number of amides is 1. The van der Waals surface area contributed by atoms with Gasteiger partial charge in [-0.05, 0) is 48.9 Å². The molecule has 18 heavy (non-hydrogen) atoms. The molecule has 0 saturated heterocycles. The zero-order chi connectivity index (χ0) is 12.8. The zero-order valence-electron chi connectivity index (χ0n) is 10.2. The SMILES string of the molecule is N#Cc1ccc(SC(=O)NC2CCCCC2)cc1. The molecule has 4 heteroatoms. The highest BCUT2D eigenvalue weighted by Gasteiger charge is 2.16. The Balaban J connectivity index is 1.84. The normalized spacial score (nSPS) is 15.9. The van der Waals surface area contributed by atoms with E-state index in [9.17, 15) is 4.79 Å². The summed E-state index contributed by atoms with van der Waals surface area (Å²) in [6, 6.07) is 9.49. The maximum Gasteiger partial charge on any atom is 0.284 e. The molecular formula is C14H16N2OS. The molecule has 2 rings (SSSR count). The molecule has 1 N–H and O–H groups in total. The van der Waals surface area contributed by atoms with E-state index in [2.05, 4.69) is 11.4 Å². The summed E-state index contributed by atoms with van der Waals surface area (Å²) >= 11 is 1.20. The molecule has 0 spiro atoms. The van der Waals surface area contributed by atoms with Crippen LogP contribution in [0.3, 0.4) is 0 Å². The second-order valence-corrected chi connectivity index (χ2v) is 5.55. The Kier molecular flexibility index (Phi) is 4.66. The highest BCUT2D eigenvalue weighted by Crippen LogP contribution is 2.22. The number of thioether (sulfide) groups is 1. The quantitative estimate of drug-likeness (QED) is 0.825. The van der Waals surface area contributed by atoms with E-state index in [-0.39, 0.29) is 5.24 Å². The van der Waals surface area contributed by atoms with E-state index in [4.69, 9.17) is 5.26 Å². The fourth-order valence-corrected chi connectivity index (χ4v) is 2.86. The number of rotatable bonds is 2. The molecule has 1 saturated carbocycles. The fourth-order valence-electron chi connectivity index (χ4n) is 2.15. The average Bonchev–Trinajstić information content (AvgIpc) is 2.40. The van der Waals surface area contributed by atoms with Crippen molar-refractivity contribution in [1.29, 1.82) is 5.26 Å². The average molecular weight is 260 g/mol. The minimum atomic E-state index is 0.00612. The van der Waals surface area contributed by atoms with Crippen LogP contribution >= 0.6 is 11.8 Å². The lowest BCUT2D eigenvalue weighted by atomic mass is 9.96. The van der Waals surface area contributed by atoms with E-state index in [1.165, 1.54) is 31.0 Å². The molecule has 1 aliphatic carbocycles. The van der Waals surface area contributed by atoms with Crippen LogP contribution in [0.15, 0.2) is 29.2 Å². The van der Waals surface area contributed by atoms with Gasteiger partial charge in [0.1, 0.15) is 0 Å². The molecule has 0 atom stereocenters. The third-order valence-corrected chi connectivity index (χ3v) is 3.93. The van der Waals surface area contributed by atoms with Gasteiger partial charge in [0, 0.05) is 10.9 Å². The molecule has 1 aromatic carbocycles. The van der Waals surface area contributed by atoms with Crippen molar-refractivity contribution >= 4 is 17.0 Å². The highest BCUT2D eigenvalue weighted by molar-refractivity contribution is 8.13. The van der Waals surface area contributed by atoms with Crippen molar-refractivity contribution in [2.75, 3.05) is 0 Å². The number of carbonyl (C=O) groups is 1. The van der Waals surface area contributed by atoms with E-state index >= 15 is 0 Å². The Bertz CT molecular complexity index is 444. The fraction of sp³-hybridized carbons (Fsp3) is 0.429. The largest absolute Gasteiger partial charge is 0.344 e. The number of hydrogen-bond acceptors (Lipinski definition) is 3. The molecule has 0 radical (unpaired) electrons. The molecule has 1 aliphatic rings. The van der Waals surface area contributed by atoms with E-state index in [1.807, 2.05) is 12.1 Å². The molecule has 3 nitrogen and oxygen atoms in total. The summed E-state index contributed by atoms with van der Waals surface area (Å²) in [5.41, 5.74) is 0.618. The molecular weight excluding hydrogens is 244 g/mol. The highest BCUT2D eigenvalue weighted by atomic mass is 32.2. The first-order chi connectivity index (χ1) is 8.78. The lowest BCUT2D eigenvalue weighted by Gasteiger charge is -2.22. The lowest BCUT2D eigenvalue weighted by molar-refractivity contribution is 0.253. The summed E-state index contributed by atoms with van der Waals surface area (Å²) in [5.74, 6) is 0. The molecule has 0 aliphatic heterocycles. The van der Waals surface area contributed by atoms with Gasteiger partial charge in [-0.15, -0.1) is 0 Å². The van der Waals surface area contributed by atoms with Crippen molar-refractivity contribution in [3.05, 3.63) is 29.8 Å². The van der Waals surface area contributed by atoms with Crippen LogP contribution in [-0.4, -0.2) is 11.3 Å². The number of nitrogens with zero attached hydrogens (tertiary/aromatic N) is 1. The Morgan fingerprint density at radius 3 is 2.50 bits per heavy atom. The van der Waals surface area contributed by atoms with Crippen LogP contribution in [0.1, 0.15) is 37.7 Å². The summed E-state index contributed by atoms with van der Waals surface area (Å²) in [6.45, 7) is 0. The van der Waals surface area contributed by atoms with E-state index in [0.29, 0.717) is 11.6 Å². The van der Waals surface area contributed by atoms with Crippen LogP contribution in [0.4, 0.5) is 4.79 Å². The Morgan fingerprint density at radius 2 is 1.89 bits per heavy atom. The summed E-state index contributed by atoms with van der Waals surface area (Å²) in [4.78, 5) is 12.7. The van der Waals surface area contributed by atoms with Crippen molar-refractivity contribution in [2.24, 2.45) is 0 Å². The molecule has 94 valence electrons. The van der Waals surface area contributed by atoms with Gasteiger partial charge in [0.05, 0.1) is 11.6 Å². The minimum absolute atomic E-state index is 0.00612. The molecule has 1 amide bonds. The van der Waals surface area contributed by atoms with Crippen molar-refractivity contribution in [2.45, 2.75) is 43.0 Å². The van der Waals surface area contributed by atoms with Crippen molar-refractivity contribution < 1.29 is 4.79 Å². The Labute approximate surface area is 112 Å². The third-order valence-electron chi connectivity index (χ3n) is 3.12. The summed E-state index contributed by atoms with van der Waals surface area (Å²) in [7, 11) is 0. The van der Waals surface area contributed by atoms with Gasteiger partial charge >= 0.3 is 0 Å². The van der Waals surface area contributed by atoms with Crippen LogP contribution in [-0.2, 0) is 0 Å². The Morgan fingerprint density at radius 1 is 1.22 bits per heavy atom. The first-order valence-electron chi connectivity index (χ1n) is 6.26. The molecule has 0 heterocycles. The zero-order valence-corrected chi connectivity index (χ0v) is 11.0. The van der Waals surface area contributed by atoms with E-state index < -0.39 is 0 Å². The number of hydrogen-bond donors (Lipinski definition) is 1. The van der Waals surface area contributed by atoms with Crippen LogP contribution in [0.25, 0.3) is 0 Å². The maximum absolute atomic E-state index is 11.8. The first-order valence-corrected chi connectivity index (χ1v) is 7.08. The van der Waals surface area contributed by atoms with Crippen LogP contribution in [0.2, 0.25) is 0 Å². The predicted molar refractivity (Wildman–Crippen MR) is 72.4 cm³/mol. The summed E-state index contributed by atoms with van der Waals surface area (Å²) < 4.78 is 0. The van der Waals surface area contributed by atoms with Gasteiger partial charge in [0.2, 0.25) is 0 Å². The third kappa shape index (κ3) is 3.78. The topological polar surface area (TPSA) is 52.9 Å². The van der Waals surface area contributed by atoms with Gasteiger partial charge in [-0.2, -0.15) is 5.26 Å². The number of nitrogens with one attached hydrogen (secondary N) is 1. The second-order valence-electron chi connectivity index (χ2n) is 4.50. The molecule has 1 aromatic rings. The first kappa shape index (κ1) is 13.0. The van der Waals surface area contributed by atoms with Crippen LogP contribution in [0.5, 0.6) is 0 Å².